The molecule has 0 bridgehead atoms. The maximum absolute atomic E-state index is 14.6. The number of likely N-dealkylation sites (tertiary alicyclic amines) is 1. The summed E-state index contributed by atoms with van der Waals surface area (Å²) >= 11 is 3.49. The maximum Gasteiger partial charge on any atom is 0.255 e. The number of amides is 2. The Morgan fingerprint density at radius 3 is 2.18 bits per heavy atom. The Balaban J connectivity index is 1.68. The van der Waals surface area contributed by atoms with E-state index >= 15 is 0 Å². The molecular weight excluding hydrogens is 552 g/mol. The predicted molar refractivity (Wildman–Crippen MR) is 155 cm³/mol. The lowest BCUT2D eigenvalue weighted by Crippen LogP contribution is -2.56. The van der Waals surface area contributed by atoms with E-state index in [0.717, 1.165) is 10.0 Å². The van der Waals surface area contributed by atoms with Gasteiger partial charge in [0.1, 0.15) is 0 Å². The van der Waals surface area contributed by atoms with Crippen LogP contribution in [-0.2, 0) is 10.3 Å². The normalized spacial score (nSPS) is 23.5. The number of ketones is 1. The SMILES string of the molecule is CCC1C(c2ccccc2)C(C(=O)c2ccccc2)C2(C(=O)Nc3ccccc32)N1C(=O)c1cccc(Br)c1. The number of carbonyl (C=O) groups excluding carboxylic acids is 3. The zero-order chi connectivity index (χ0) is 27.1. The number of carbonyl (C=O) groups is 3. The number of nitrogens with zero attached hydrogens (tertiary/aromatic N) is 1. The Morgan fingerprint density at radius 2 is 1.49 bits per heavy atom. The van der Waals surface area contributed by atoms with E-state index in [4.69, 9.17) is 0 Å². The highest BCUT2D eigenvalue weighted by atomic mass is 79.9. The fraction of sp³-hybridized carbons (Fsp3) is 0.182. The first-order valence-electron chi connectivity index (χ1n) is 13.1. The molecule has 4 aromatic rings. The molecule has 1 N–H and O–H groups in total. The Morgan fingerprint density at radius 1 is 0.846 bits per heavy atom. The van der Waals surface area contributed by atoms with E-state index in [2.05, 4.69) is 21.2 Å². The van der Waals surface area contributed by atoms with Crippen LogP contribution >= 0.6 is 15.9 Å². The molecule has 2 aliphatic rings. The first-order valence-corrected chi connectivity index (χ1v) is 13.9. The number of nitrogens with one attached hydrogen (secondary N) is 1. The third-order valence-corrected chi connectivity index (χ3v) is 8.59. The van der Waals surface area contributed by atoms with Crippen molar-refractivity contribution in [2.45, 2.75) is 30.8 Å². The largest absolute Gasteiger partial charge is 0.323 e. The minimum absolute atomic E-state index is 0.153. The number of halogens is 1. The molecule has 2 heterocycles. The van der Waals surface area contributed by atoms with Crippen LogP contribution in [0.3, 0.4) is 0 Å². The van der Waals surface area contributed by atoms with Crippen molar-refractivity contribution in [3.63, 3.8) is 0 Å². The molecule has 39 heavy (non-hydrogen) atoms. The van der Waals surface area contributed by atoms with Crippen LogP contribution in [0.5, 0.6) is 0 Å². The number of hydrogen-bond donors (Lipinski definition) is 1. The minimum atomic E-state index is -1.52. The van der Waals surface area contributed by atoms with Crippen LogP contribution in [0.1, 0.15) is 51.1 Å². The summed E-state index contributed by atoms with van der Waals surface area (Å²) in [5.74, 6) is -2.03. The van der Waals surface area contributed by atoms with E-state index in [-0.39, 0.29) is 17.6 Å². The first-order chi connectivity index (χ1) is 19.0. The van der Waals surface area contributed by atoms with E-state index in [1.165, 1.54) is 0 Å². The van der Waals surface area contributed by atoms with Crippen LogP contribution in [-0.4, -0.2) is 28.5 Å². The summed E-state index contributed by atoms with van der Waals surface area (Å²) < 4.78 is 0.766. The number of fused-ring (bicyclic) bond motifs is 2. The summed E-state index contributed by atoms with van der Waals surface area (Å²) in [5.41, 5.74) is 1.67. The maximum atomic E-state index is 14.6. The van der Waals surface area contributed by atoms with Crippen molar-refractivity contribution in [2.24, 2.45) is 5.92 Å². The van der Waals surface area contributed by atoms with Crippen molar-refractivity contribution in [3.8, 4) is 0 Å². The highest BCUT2D eigenvalue weighted by Crippen LogP contribution is 2.59. The number of benzene rings is 4. The summed E-state index contributed by atoms with van der Waals surface area (Å²) in [7, 11) is 0. The second-order valence-corrected chi connectivity index (χ2v) is 11.0. The van der Waals surface area contributed by atoms with Gasteiger partial charge in [-0.2, -0.15) is 0 Å². The lowest BCUT2D eigenvalue weighted by atomic mass is 9.69. The van der Waals surface area contributed by atoms with Crippen molar-refractivity contribution in [2.75, 3.05) is 5.32 Å². The van der Waals surface area contributed by atoms with Crippen molar-refractivity contribution < 1.29 is 14.4 Å². The third-order valence-electron chi connectivity index (χ3n) is 8.10. The smallest absolute Gasteiger partial charge is 0.255 e. The Kier molecular flexibility index (Phi) is 6.43. The molecule has 4 unspecified atom stereocenters. The number of Topliss-reactive ketones (excluding diaryl/α,β-unsaturated/α-hetero) is 1. The molecule has 0 saturated carbocycles. The second-order valence-electron chi connectivity index (χ2n) is 10.1. The Labute approximate surface area is 236 Å². The van der Waals surface area contributed by atoms with Gasteiger partial charge < -0.3 is 10.2 Å². The summed E-state index contributed by atoms with van der Waals surface area (Å²) in [6, 6.07) is 33.1. The van der Waals surface area contributed by atoms with Gasteiger partial charge in [-0.3, -0.25) is 14.4 Å². The molecule has 1 spiro atoms. The molecule has 2 aliphatic heterocycles. The number of para-hydroxylation sites is 1. The Hall–Kier alpha value is -4.03. The average Bonchev–Trinajstić information content (AvgIpc) is 3.45. The molecule has 1 fully saturated rings. The first kappa shape index (κ1) is 25.3. The summed E-state index contributed by atoms with van der Waals surface area (Å²) in [4.78, 5) is 45.3. The highest BCUT2D eigenvalue weighted by molar-refractivity contribution is 9.10. The van der Waals surface area contributed by atoms with Gasteiger partial charge in [-0.05, 0) is 36.2 Å². The van der Waals surface area contributed by atoms with Gasteiger partial charge in [0.05, 0.1) is 5.92 Å². The second kappa shape index (κ2) is 9.93. The van der Waals surface area contributed by atoms with E-state index in [0.29, 0.717) is 28.8 Å². The third kappa shape index (κ3) is 3.85. The van der Waals surface area contributed by atoms with Crippen molar-refractivity contribution >= 4 is 39.2 Å². The fourth-order valence-electron chi connectivity index (χ4n) is 6.60. The van der Waals surface area contributed by atoms with Crippen molar-refractivity contribution in [1.29, 1.82) is 0 Å². The van der Waals surface area contributed by atoms with Gasteiger partial charge in [-0.15, -0.1) is 0 Å². The molecule has 6 heteroatoms. The lowest BCUT2D eigenvalue weighted by molar-refractivity contribution is -0.127. The molecule has 0 radical (unpaired) electrons. The molecule has 4 aromatic carbocycles. The van der Waals surface area contributed by atoms with E-state index in [1.54, 1.807) is 29.2 Å². The summed E-state index contributed by atoms with van der Waals surface area (Å²) in [6.45, 7) is 2.02. The van der Waals surface area contributed by atoms with Crippen LogP contribution in [0.4, 0.5) is 5.69 Å². The standard InChI is InChI=1S/C33H27BrN2O3/c1-2-27-28(21-12-5-3-6-13-21)29(30(37)22-14-7-4-8-15-22)33(25-18-9-10-19-26(25)35-32(33)39)36(27)31(38)23-16-11-17-24(34)20-23/h3-20,27-29H,2H2,1H3,(H,35,39). The van der Waals surface area contributed by atoms with Crippen LogP contribution in [0.2, 0.25) is 0 Å². The van der Waals surface area contributed by atoms with Gasteiger partial charge >= 0.3 is 0 Å². The zero-order valence-corrected chi connectivity index (χ0v) is 23.0. The lowest BCUT2D eigenvalue weighted by Gasteiger charge is -2.39. The van der Waals surface area contributed by atoms with Gasteiger partial charge in [-0.1, -0.05) is 108 Å². The van der Waals surface area contributed by atoms with Crippen LogP contribution in [0.25, 0.3) is 0 Å². The van der Waals surface area contributed by atoms with Gasteiger partial charge in [0, 0.05) is 38.8 Å². The topological polar surface area (TPSA) is 66.5 Å². The number of rotatable bonds is 5. The zero-order valence-electron chi connectivity index (χ0n) is 21.4. The fourth-order valence-corrected chi connectivity index (χ4v) is 7.00. The highest BCUT2D eigenvalue weighted by Gasteiger charge is 2.69. The molecule has 5 nitrogen and oxygen atoms in total. The number of hydrogen-bond acceptors (Lipinski definition) is 3. The molecule has 0 aromatic heterocycles. The van der Waals surface area contributed by atoms with Gasteiger partial charge in [0.15, 0.2) is 11.3 Å². The summed E-state index contributed by atoms with van der Waals surface area (Å²) in [5, 5.41) is 3.04. The van der Waals surface area contributed by atoms with Crippen LogP contribution in [0, 0.1) is 5.92 Å². The molecule has 1 saturated heterocycles. The quantitative estimate of drug-likeness (QED) is 0.264. The Bertz CT molecular complexity index is 1570. The minimum Gasteiger partial charge on any atom is -0.323 e. The van der Waals surface area contributed by atoms with E-state index in [9.17, 15) is 14.4 Å². The van der Waals surface area contributed by atoms with Crippen molar-refractivity contribution in [1.82, 2.24) is 4.90 Å². The molecule has 194 valence electrons. The van der Waals surface area contributed by atoms with Crippen molar-refractivity contribution in [3.05, 3.63) is 136 Å². The molecule has 0 aliphatic carbocycles. The van der Waals surface area contributed by atoms with Gasteiger partial charge in [-0.25, -0.2) is 0 Å². The molecule has 2 amide bonds. The molecule has 4 atom stereocenters. The predicted octanol–water partition coefficient (Wildman–Crippen LogP) is 6.81. The molecule has 6 rings (SSSR count). The van der Waals surface area contributed by atoms with Gasteiger partial charge in [0.2, 0.25) is 0 Å². The van der Waals surface area contributed by atoms with Crippen LogP contribution < -0.4 is 5.32 Å². The van der Waals surface area contributed by atoms with Gasteiger partial charge in [0.25, 0.3) is 11.8 Å². The van der Waals surface area contributed by atoms with Crippen LogP contribution in [0.15, 0.2) is 114 Å². The van der Waals surface area contributed by atoms with E-state index in [1.807, 2.05) is 91.9 Å². The van der Waals surface area contributed by atoms with E-state index < -0.39 is 23.4 Å². The molecular formula is C33H27BrN2O3. The monoisotopic (exact) mass is 578 g/mol. The number of anilines is 1. The summed E-state index contributed by atoms with van der Waals surface area (Å²) in [6.07, 6.45) is 0.565. The average molecular weight is 579 g/mol.